The van der Waals surface area contributed by atoms with Crippen LogP contribution in [0.3, 0.4) is 0 Å². The molecule has 0 radical (unpaired) electrons. The number of ether oxygens (including phenoxy) is 2. The maximum atomic E-state index is 12.2. The van der Waals surface area contributed by atoms with Crippen LogP contribution in [0.15, 0.2) is 22.7 Å². The maximum Gasteiger partial charge on any atom is 0.337 e. The largest absolute Gasteiger partial charge is 0.483 e. The second kappa shape index (κ2) is 8.10. The van der Waals surface area contributed by atoms with Gasteiger partial charge in [0.25, 0.3) is 11.8 Å². The standard InChI is InChI=1S/C18H17BrN2O5S/c1-25-18(24)9-5-6-12(11(19)7-9)26-8-14(22)21-17-15(16(20)23)10-3-2-4-13(10)27-17/h5-7H,2-4,8H2,1H3,(H2,20,23)(H,21,22). The van der Waals surface area contributed by atoms with Gasteiger partial charge in [-0.2, -0.15) is 0 Å². The molecule has 3 rings (SSSR count). The van der Waals surface area contributed by atoms with E-state index in [1.54, 1.807) is 18.2 Å². The molecule has 1 aromatic carbocycles. The first-order valence-electron chi connectivity index (χ1n) is 8.15. The number of carbonyl (C=O) groups is 3. The van der Waals surface area contributed by atoms with Crippen LogP contribution in [0.5, 0.6) is 5.75 Å². The van der Waals surface area contributed by atoms with Crippen molar-refractivity contribution in [2.75, 3.05) is 19.0 Å². The van der Waals surface area contributed by atoms with Crippen LogP contribution in [0.4, 0.5) is 5.00 Å². The molecule has 0 saturated carbocycles. The third kappa shape index (κ3) is 4.14. The van der Waals surface area contributed by atoms with Crippen molar-refractivity contribution in [3.63, 3.8) is 0 Å². The molecular weight excluding hydrogens is 436 g/mol. The van der Waals surface area contributed by atoms with Gasteiger partial charge >= 0.3 is 5.97 Å². The fraction of sp³-hybridized carbons (Fsp3) is 0.278. The highest BCUT2D eigenvalue weighted by molar-refractivity contribution is 9.10. The highest BCUT2D eigenvalue weighted by Gasteiger charge is 2.26. The monoisotopic (exact) mass is 452 g/mol. The Morgan fingerprint density at radius 1 is 1.30 bits per heavy atom. The molecule has 9 heteroatoms. The molecule has 7 nitrogen and oxygen atoms in total. The summed E-state index contributed by atoms with van der Waals surface area (Å²) in [4.78, 5) is 36.6. The van der Waals surface area contributed by atoms with Crippen molar-refractivity contribution in [3.8, 4) is 5.75 Å². The minimum atomic E-state index is -0.535. The minimum absolute atomic E-state index is 0.253. The van der Waals surface area contributed by atoms with Gasteiger partial charge in [-0.3, -0.25) is 9.59 Å². The third-order valence-corrected chi connectivity index (χ3v) is 5.96. The molecule has 0 spiro atoms. The van der Waals surface area contributed by atoms with Crippen molar-refractivity contribution in [2.24, 2.45) is 5.73 Å². The quantitative estimate of drug-likeness (QED) is 0.654. The molecule has 142 valence electrons. The minimum Gasteiger partial charge on any atom is -0.483 e. The molecule has 0 saturated heterocycles. The number of nitrogens with two attached hydrogens (primary N) is 1. The van der Waals surface area contributed by atoms with E-state index >= 15 is 0 Å². The van der Waals surface area contributed by atoms with E-state index < -0.39 is 17.8 Å². The van der Waals surface area contributed by atoms with Gasteiger partial charge in [0, 0.05) is 4.88 Å². The van der Waals surface area contributed by atoms with Crippen LogP contribution >= 0.6 is 27.3 Å². The summed E-state index contributed by atoms with van der Waals surface area (Å²) in [7, 11) is 1.30. The lowest BCUT2D eigenvalue weighted by Crippen LogP contribution is -2.22. The zero-order valence-corrected chi connectivity index (χ0v) is 16.9. The van der Waals surface area contributed by atoms with E-state index in [4.69, 9.17) is 10.5 Å². The highest BCUT2D eigenvalue weighted by Crippen LogP contribution is 2.38. The first-order valence-corrected chi connectivity index (χ1v) is 9.76. The Labute approximate surface area is 168 Å². The van der Waals surface area contributed by atoms with Gasteiger partial charge < -0.3 is 20.5 Å². The average molecular weight is 453 g/mol. The van der Waals surface area contributed by atoms with E-state index in [9.17, 15) is 14.4 Å². The van der Waals surface area contributed by atoms with Crippen LogP contribution in [0.1, 0.15) is 37.6 Å². The number of halogens is 1. The molecule has 0 bridgehead atoms. The molecule has 3 N–H and O–H groups in total. The molecule has 1 aliphatic carbocycles. The normalized spacial score (nSPS) is 12.4. The SMILES string of the molecule is COC(=O)c1ccc(OCC(=O)Nc2sc3c(c2C(N)=O)CCC3)c(Br)c1. The zero-order valence-electron chi connectivity index (χ0n) is 14.5. The molecule has 1 aromatic heterocycles. The Kier molecular flexibility index (Phi) is 5.81. The van der Waals surface area contributed by atoms with Crippen molar-refractivity contribution in [2.45, 2.75) is 19.3 Å². The number of carbonyl (C=O) groups excluding carboxylic acids is 3. The van der Waals surface area contributed by atoms with Gasteiger partial charge in [0.2, 0.25) is 0 Å². The Balaban J connectivity index is 1.66. The number of primary amides is 1. The number of rotatable bonds is 6. The number of fused-ring (bicyclic) bond motifs is 1. The van der Waals surface area contributed by atoms with E-state index in [1.807, 2.05) is 0 Å². The summed E-state index contributed by atoms with van der Waals surface area (Å²) in [6.07, 6.45) is 2.69. The van der Waals surface area contributed by atoms with E-state index in [0.29, 0.717) is 26.4 Å². The van der Waals surface area contributed by atoms with Crippen LogP contribution in [-0.4, -0.2) is 31.5 Å². The van der Waals surface area contributed by atoms with Gasteiger partial charge in [-0.1, -0.05) is 0 Å². The van der Waals surface area contributed by atoms with Crippen molar-refractivity contribution in [1.29, 1.82) is 0 Å². The van der Waals surface area contributed by atoms with Crippen molar-refractivity contribution in [3.05, 3.63) is 44.2 Å². The van der Waals surface area contributed by atoms with E-state index in [1.165, 1.54) is 18.4 Å². The number of amides is 2. The molecule has 0 fully saturated rings. The number of thiophene rings is 1. The number of hydrogen-bond acceptors (Lipinski definition) is 6. The molecule has 0 atom stereocenters. The van der Waals surface area contributed by atoms with Gasteiger partial charge in [0.1, 0.15) is 10.8 Å². The molecule has 2 aromatic rings. The van der Waals surface area contributed by atoms with E-state index in [0.717, 1.165) is 29.7 Å². The number of methoxy groups -OCH3 is 1. The molecule has 0 aliphatic heterocycles. The van der Waals surface area contributed by atoms with E-state index in [-0.39, 0.29) is 6.61 Å². The lowest BCUT2D eigenvalue weighted by atomic mass is 10.1. The topological polar surface area (TPSA) is 108 Å². The number of nitrogens with one attached hydrogen (secondary N) is 1. The lowest BCUT2D eigenvalue weighted by Gasteiger charge is -2.10. The summed E-state index contributed by atoms with van der Waals surface area (Å²) < 4.78 is 10.7. The van der Waals surface area contributed by atoms with Crippen LogP contribution < -0.4 is 15.8 Å². The summed E-state index contributed by atoms with van der Waals surface area (Å²) >= 11 is 4.69. The van der Waals surface area contributed by atoms with Crippen LogP contribution in [-0.2, 0) is 22.4 Å². The maximum absolute atomic E-state index is 12.2. The summed E-state index contributed by atoms with van der Waals surface area (Å²) in [5.41, 5.74) is 7.20. The molecule has 1 aliphatic rings. The highest BCUT2D eigenvalue weighted by atomic mass is 79.9. The van der Waals surface area contributed by atoms with Gasteiger partial charge in [-0.25, -0.2) is 4.79 Å². The van der Waals surface area contributed by atoms with Crippen LogP contribution in [0.25, 0.3) is 0 Å². The fourth-order valence-electron chi connectivity index (χ4n) is 2.92. The van der Waals surface area contributed by atoms with Crippen molar-refractivity contribution < 1.29 is 23.9 Å². The summed E-state index contributed by atoms with van der Waals surface area (Å²) in [5, 5.41) is 3.19. The van der Waals surface area contributed by atoms with E-state index in [2.05, 4.69) is 26.0 Å². The molecule has 2 amide bonds. The second-order valence-electron chi connectivity index (χ2n) is 5.90. The Morgan fingerprint density at radius 2 is 2.07 bits per heavy atom. The van der Waals surface area contributed by atoms with Gasteiger partial charge in [0.05, 0.1) is 22.7 Å². The smallest absolute Gasteiger partial charge is 0.337 e. The Bertz CT molecular complexity index is 925. The van der Waals surface area contributed by atoms with Crippen molar-refractivity contribution in [1.82, 2.24) is 0 Å². The summed E-state index contributed by atoms with van der Waals surface area (Å²) in [6, 6.07) is 4.66. The first kappa shape index (κ1) is 19.4. The van der Waals surface area contributed by atoms with Crippen LogP contribution in [0.2, 0.25) is 0 Å². The molecule has 1 heterocycles. The molecule has 27 heavy (non-hydrogen) atoms. The molecular formula is C18H17BrN2O5S. The Morgan fingerprint density at radius 3 is 2.74 bits per heavy atom. The van der Waals surface area contributed by atoms with Gasteiger partial charge in [-0.05, 0) is 59.0 Å². The zero-order chi connectivity index (χ0) is 19.6. The molecule has 0 unspecified atom stereocenters. The fourth-order valence-corrected chi connectivity index (χ4v) is 4.73. The predicted octanol–water partition coefficient (Wildman–Crippen LogP) is 2.90. The summed E-state index contributed by atoms with van der Waals surface area (Å²) in [6.45, 7) is -0.253. The van der Waals surface area contributed by atoms with Crippen LogP contribution in [0, 0.1) is 0 Å². The van der Waals surface area contributed by atoms with Gasteiger partial charge in [0.15, 0.2) is 6.61 Å². The lowest BCUT2D eigenvalue weighted by molar-refractivity contribution is -0.118. The third-order valence-electron chi connectivity index (χ3n) is 4.13. The predicted molar refractivity (Wildman–Crippen MR) is 104 cm³/mol. The second-order valence-corrected chi connectivity index (χ2v) is 7.86. The number of anilines is 1. The first-order chi connectivity index (χ1) is 12.9. The Hall–Kier alpha value is -2.39. The number of benzene rings is 1. The number of esters is 1. The number of hydrogen-bond donors (Lipinski definition) is 2. The summed E-state index contributed by atoms with van der Waals surface area (Å²) in [5.74, 6) is -1.00. The average Bonchev–Trinajstić information content (AvgIpc) is 3.20. The van der Waals surface area contributed by atoms with Gasteiger partial charge in [-0.15, -0.1) is 11.3 Å². The van der Waals surface area contributed by atoms with Crippen molar-refractivity contribution >= 4 is 50.1 Å². The number of aryl methyl sites for hydroxylation is 1.